The fourth-order valence-electron chi connectivity index (χ4n) is 1.78. The van der Waals surface area contributed by atoms with Gasteiger partial charge in [0.25, 0.3) is 0 Å². The molecule has 0 fully saturated rings. The van der Waals surface area contributed by atoms with Crippen molar-refractivity contribution in [1.29, 1.82) is 0 Å². The van der Waals surface area contributed by atoms with Gasteiger partial charge in [-0.25, -0.2) is 9.18 Å². The first-order chi connectivity index (χ1) is 9.38. The fourth-order valence-corrected chi connectivity index (χ4v) is 2.12. The summed E-state index contributed by atoms with van der Waals surface area (Å²) >= 11 is 3.12. The third-order valence-electron chi connectivity index (χ3n) is 2.64. The Kier molecular flexibility index (Phi) is 3.89. The van der Waals surface area contributed by atoms with E-state index in [-0.39, 0.29) is 17.1 Å². The maximum absolute atomic E-state index is 13.7. The molecular weight excluding hydrogens is 331 g/mol. The number of aryl methyl sites for hydroxylation is 1. The van der Waals surface area contributed by atoms with E-state index in [1.807, 2.05) is 0 Å². The Bertz CT molecular complexity index is 743. The Morgan fingerprint density at radius 3 is 2.70 bits per heavy atom. The van der Waals surface area contributed by atoms with E-state index < -0.39 is 17.3 Å². The molecule has 0 saturated heterocycles. The molecule has 1 aromatic heterocycles. The van der Waals surface area contributed by atoms with Gasteiger partial charge in [-0.2, -0.15) is 0 Å². The molecule has 0 aliphatic rings. The number of hydrogen-bond donors (Lipinski definition) is 3. The Hall–Kier alpha value is -2.15. The number of H-pyrrole nitrogens is 1. The summed E-state index contributed by atoms with van der Waals surface area (Å²) in [7, 11) is 0. The van der Waals surface area contributed by atoms with E-state index in [1.54, 1.807) is 6.07 Å². The molecule has 20 heavy (non-hydrogen) atoms. The summed E-state index contributed by atoms with van der Waals surface area (Å²) < 4.78 is 14.3. The lowest BCUT2D eigenvalue weighted by molar-refractivity contribution is 0.0697. The van der Waals surface area contributed by atoms with Crippen molar-refractivity contribution in [3.05, 3.63) is 56.0 Å². The third-order valence-corrected chi connectivity index (χ3v) is 3.14. The van der Waals surface area contributed by atoms with Gasteiger partial charge in [0.05, 0.1) is 5.69 Å². The number of hydrogen-bond acceptors (Lipinski definition) is 3. The second kappa shape index (κ2) is 5.46. The van der Waals surface area contributed by atoms with E-state index in [9.17, 15) is 14.0 Å². The van der Waals surface area contributed by atoms with Gasteiger partial charge in [0, 0.05) is 10.5 Å². The summed E-state index contributed by atoms with van der Waals surface area (Å²) in [6.45, 7) is 1.50. The molecule has 7 heteroatoms. The monoisotopic (exact) mass is 340 g/mol. The minimum Gasteiger partial charge on any atom is -0.478 e. The van der Waals surface area contributed by atoms with Gasteiger partial charge < -0.3 is 15.4 Å². The maximum Gasteiger partial charge on any atom is 0.339 e. The maximum atomic E-state index is 13.7. The molecule has 1 aromatic carbocycles. The second-order valence-electron chi connectivity index (χ2n) is 4.12. The lowest BCUT2D eigenvalue weighted by Crippen LogP contribution is -2.15. The summed E-state index contributed by atoms with van der Waals surface area (Å²) in [6.07, 6.45) is 0. The van der Waals surface area contributed by atoms with Crippen LogP contribution in [0.1, 0.15) is 15.9 Å². The van der Waals surface area contributed by atoms with Crippen LogP contribution in [0.4, 0.5) is 15.9 Å². The minimum absolute atomic E-state index is 0.0521. The average Bonchev–Trinajstić information content (AvgIpc) is 2.31. The Balaban J connectivity index is 2.53. The molecule has 2 rings (SSSR count). The van der Waals surface area contributed by atoms with Crippen molar-refractivity contribution in [2.24, 2.45) is 0 Å². The number of carboxylic acid groups (broad SMARTS) is 1. The van der Waals surface area contributed by atoms with E-state index >= 15 is 0 Å². The van der Waals surface area contributed by atoms with E-state index in [2.05, 4.69) is 26.2 Å². The lowest BCUT2D eigenvalue weighted by Gasteiger charge is -2.11. The van der Waals surface area contributed by atoms with Crippen molar-refractivity contribution in [2.75, 3.05) is 5.32 Å². The molecule has 0 saturated carbocycles. The molecular formula is C13H10BrFN2O3. The van der Waals surface area contributed by atoms with Crippen molar-refractivity contribution < 1.29 is 14.3 Å². The van der Waals surface area contributed by atoms with Crippen LogP contribution in [0.5, 0.6) is 0 Å². The minimum atomic E-state index is -1.21. The second-order valence-corrected chi connectivity index (χ2v) is 5.04. The number of nitrogens with one attached hydrogen (secondary N) is 2. The largest absolute Gasteiger partial charge is 0.478 e. The van der Waals surface area contributed by atoms with Crippen LogP contribution in [0.2, 0.25) is 0 Å². The van der Waals surface area contributed by atoms with E-state index in [0.29, 0.717) is 10.0 Å². The van der Waals surface area contributed by atoms with Crippen LogP contribution in [0.15, 0.2) is 33.5 Å². The van der Waals surface area contributed by atoms with E-state index in [0.717, 1.165) is 0 Å². The normalized spacial score (nSPS) is 10.3. The topological polar surface area (TPSA) is 82.2 Å². The van der Waals surface area contributed by atoms with Gasteiger partial charge in [-0.1, -0.05) is 15.9 Å². The third kappa shape index (κ3) is 2.88. The van der Waals surface area contributed by atoms with Crippen molar-refractivity contribution in [2.45, 2.75) is 6.92 Å². The molecule has 0 aliphatic carbocycles. The zero-order valence-electron chi connectivity index (χ0n) is 10.3. The number of rotatable bonds is 3. The van der Waals surface area contributed by atoms with Crippen molar-refractivity contribution in [1.82, 2.24) is 4.98 Å². The molecule has 3 N–H and O–H groups in total. The Morgan fingerprint density at radius 1 is 1.40 bits per heavy atom. The highest BCUT2D eigenvalue weighted by molar-refractivity contribution is 9.10. The van der Waals surface area contributed by atoms with Gasteiger partial charge in [-0.15, -0.1) is 0 Å². The molecule has 1 heterocycles. The van der Waals surface area contributed by atoms with Crippen LogP contribution in [0.25, 0.3) is 0 Å². The molecule has 0 unspecified atom stereocenters. The van der Waals surface area contributed by atoms with Crippen LogP contribution >= 0.6 is 15.9 Å². The van der Waals surface area contributed by atoms with Crippen LogP contribution in [0, 0.1) is 12.7 Å². The van der Waals surface area contributed by atoms with Gasteiger partial charge >= 0.3 is 5.97 Å². The quantitative estimate of drug-likeness (QED) is 0.802. The number of aromatic carboxylic acids is 1. The summed E-state index contributed by atoms with van der Waals surface area (Å²) in [6, 6.07) is 5.44. The first kappa shape index (κ1) is 14.3. The smallest absolute Gasteiger partial charge is 0.339 e. The van der Waals surface area contributed by atoms with Gasteiger partial charge in [0.15, 0.2) is 0 Å². The molecule has 0 radical (unpaired) electrons. The number of aromatic amines is 1. The van der Waals surface area contributed by atoms with Crippen LogP contribution in [0.3, 0.4) is 0 Å². The Labute approximate surface area is 121 Å². The van der Waals surface area contributed by atoms with Crippen molar-refractivity contribution in [3.63, 3.8) is 0 Å². The van der Waals surface area contributed by atoms with Crippen molar-refractivity contribution in [3.8, 4) is 0 Å². The van der Waals surface area contributed by atoms with E-state index in [1.165, 1.54) is 25.1 Å². The first-order valence-corrected chi connectivity index (χ1v) is 6.37. The van der Waals surface area contributed by atoms with Gasteiger partial charge in [0.1, 0.15) is 17.2 Å². The average molecular weight is 341 g/mol. The number of carboxylic acids is 1. The summed E-state index contributed by atoms with van der Waals surface area (Å²) in [5.41, 5.74) is -0.211. The van der Waals surface area contributed by atoms with Crippen molar-refractivity contribution >= 4 is 33.4 Å². The molecule has 0 amide bonds. The van der Waals surface area contributed by atoms with Gasteiger partial charge in [-0.3, -0.25) is 4.79 Å². The molecule has 0 spiro atoms. The molecule has 0 aliphatic heterocycles. The van der Waals surface area contributed by atoms with E-state index in [4.69, 9.17) is 5.11 Å². The first-order valence-electron chi connectivity index (χ1n) is 5.58. The van der Waals surface area contributed by atoms with Gasteiger partial charge in [0.2, 0.25) is 5.56 Å². The number of pyridine rings is 1. The summed E-state index contributed by atoms with van der Waals surface area (Å²) in [5, 5.41) is 11.8. The SMILES string of the molecule is Cc1cc(=O)[nH]c(Nc2ccc(Br)cc2F)c1C(=O)O. The van der Waals surface area contributed by atoms with Crippen LogP contribution in [-0.2, 0) is 0 Å². The number of carbonyl (C=O) groups is 1. The van der Waals surface area contributed by atoms with Gasteiger partial charge in [-0.05, 0) is 30.7 Å². The number of halogens is 2. The standard InChI is InChI=1S/C13H10BrFN2O3/c1-6-4-10(18)17-12(11(6)13(19)20)16-9-3-2-7(14)5-8(9)15/h2-5H,1H3,(H,19,20)(H2,16,17,18). The molecule has 2 aromatic rings. The lowest BCUT2D eigenvalue weighted by atomic mass is 10.1. The highest BCUT2D eigenvalue weighted by atomic mass is 79.9. The summed E-state index contributed by atoms with van der Waals surface area (Å²) in [4.78, 5) is 25.0. The zero-order valence-corrected chi connectivity index (χ0v) is 11.9. The predicted octanol–water partition coefficient (Wildman–Crippen LogP) is 3.03. The molecule has 5 nitrogen and oxygen atoms in total. The number of anilines is 2. The Morgan fingerprint density at radius 2 is 2.10 bits per heavy atom. The molecule has 0 atom stereocenters. The molecule has 0 bridgehead atoms. The highest BCUT2D eigenvalue weighted by Crippen LogP contribution is 2.24. The fraction of sp³-hybridized carbons (Fsp3) is 0.0769. The van der Waals surface area contributed by atoms with Crippen LogP contribution in [-0.4, -0.2) is 16.1 Å². The summed E-state index contributed by atoms with van der Waals surface area (Å²) in [5.74, 6) is -1.83. The number of benzene rings is 1. The molecule has 104 valence electrons. The highest BCUT2D eigenvalue weighted by Gasteiger charge is 2.16. The predicted molar refractivity (Wildman–Crippen MR) is 76.1 cm³/mol. The number of aromatic nitrogens is 1. The van der Waals surface area contributed by atoms with Crippen LogP contribution < -0.4 is 10.9 Å². The zero-order chi connectivity index (χ0) is 14.9.